The molecule has 1 saturated heterocycles. The predicted octanol–water partition coefficient (Wildman–Crippen LogP) is 6.74. The summed E-state index contributed by atoms with van der Waals surface area (Å²) in [6, 6.07) is 0.479. The molecular formula is C22H49N3O. The van der Waals surface area contributed by atoms with Gasteiger partial charge in [-0.25, -0.2) is 4.68 Å². The summed E-state index contributed by atoms with van der Waals surface area (Å²) >= 11 is 0. The van der Waals surface area contributed by atoms with Crippen LogP contribution in [0, 0.1) is 6.92 Å². The molecule has 2 rings (SSSR count). The highest BCUT2D eigenvalue weighted by molar-refractivity contribution is 5.22. The molecule has 1 fully saturated rings. The number of aryl methyl sites for hydroxylation is 1. The summed E-state index contributed by atoms with van der Waals surface area (Å²) in [5.74, 6) is 0.921. The van der Waals surface area contributed by atoms with Crippen LogP contribution >= 0.6 is 0 Å². The van der Waals surface area contributed by atoms with E-state index < -0.39 is 0 Å². The van der Waals surface area contributed by atoms with E-state index in [-0.39, 0.29) is 5.54 Å². The molecule has 1 aromatic rings. The fourth-order valence-corrected chi connectivity index (χ4v) is 2.73. The van der Waals surface area contributed by atoms with Crippen LogP contribution in [0.1, 0.15) is 101 Å². The van der Waals surface area contributed by atoms with Crippen LogP contribution in [0.25, 0.3) is 0 Å². The normalized spacial score (nSPS) is 14.2. The predicted molar refractivity (Wildman–Crippen MR) is 119 cm³/mol. The second kappa shape index (κ2) is 17.4. The van der Waals surface area contributed by atoms with Crippen LogP contribution < -0.4 is 4.74 Å². The number of hydrogen-bond acceptors (Lipinski definition) is 3. The fourth-order valence-electron chi connectivity index (χ4n) is 2.73. The van der Waals surface area contributed by atoms with Crippen molar-refractivity contribution in [3.05, 3.63) is 11.8 Å². The molecule has 0 radical (unpaired) electrons. The standard InChI is InChI=1S/C14H25N3O.4C2H6/c1-11-10-15-17(13(11)18-5)12-6-8-16(9-7-12)14(2,3)4;4*1-2/h10,12H,6-9H2,1-5H3;4*1-2H3. The van der Waals surface area contributed by atoms with Gasteiger partial charge in [0.2, 0.25) is 5.88 Å². The van der Waals surface area contributed by atoms with Crippen molar-refractivity contribution in [2.24, 2.45) is 0 Å². The lowest BCUT2D eigenvalue weighted by molar-refractivity contribution is 0.0847. The number of ether oxygens (including phenoxy) is 1. The molecule has 26 heavy (non-hydrogen) atoms. The van der Waals surface area contributed by atoms with E-state index in [2.05, 4.69) is 35.5 Å². The molecule has 0 unspecified atom stereocenters. The molecule has 1 aliphatic rings. The number of piperidine rings is 1. The Hall–Kier alpha value is -1.03. The van der Waals surface area contributed by atoms with Gasteiger partial charge in [-0.3, -0.25) is 4.90 Å². The molecule has 158 valence electrons. The molecule has 1 aromatic heterocycles. The topological polar surface area (TPSA) is 30.3 Å². The highest BCUT2D eigenvalue weighted by atomic mass is 16.5. The molecule has 0 saturated carbocycles. The Morgan fingerprint density at radius 3 is 1.69 bits per heavy atom. The Morgan fingerprint density at radius 2 is 1.35 bits per heavy atom. The van der Waals surface area contributed by atoms with Gasteiger partial charge in [0.25, 0.3) is 0 Å². The second-order valence-corrected chi connectivity index (χ2v) is 6.17. The summed E-state index contributed by atoms with van der Waals surface area (Å²) in [4.78, 5) is 2.55. The van der Waals surface area contributed by atoms with Gasteiger partial charge in [-0.05, 0) is 40.5 Å². The van der Waals surface area contributed by atoms with Crippen molar-refractivity contribution in [2.45, 2.75) is 108 Å². The van der Waals surface area contributed by atoms with Crippen LogP contribution in [0.5, 0.6) is 5.88 Å². The zero-order valence-electron chi connectivity index (χ0n) is 20.2. The van der Waals surface area contributed by atoms with Crippen LogP contribution in [0.2, 0.25) is 0 Å². The summed E-state index contributed by atoms with van der Waals surface area (Å²) in [5, 5.41) is 4.47. The number of likely N-dealkylation sites (tertiary alicyclic amines) is 1. The SMILES string of the molecule is CC.CC.CC.CC.COc1c(C)cnn1C1CCN(C(C)(C)C)CC1. The Bertz CT molecular complexity index is 400. The largest absolute Gasteiger partial charge is 0.481 e. The molecule has 0 spiro atoms. The minimum absolute atomic E-state index is 0.273. The average molecular weight is 372 g/mol. The Kier molecular flexibility index (Phi) is 19.9. The summed E-state index contributed by atoms with van der Waals surface area (Å²) in [7, 11) is 1.73. The first kappa shape index (κ1) is 29.7. The van der Waals surface area contributed by atoms with Crippen LogP contribution in [-0.2, 0) is 0 Å². The maximum Gasteiger partial charge on any atom is 0.214 e. The van der Waals surface area contributed by atoms with Gasteiger partial charge in [0.1, 0.15) is 0 Å². The maximum atomic E-state index is 5.45. The molecular weight excluding hydrogens is 322 g/mol. The van der Waals surface area contributed by atoms with E-state index in [1.807, 2.05) is 68.5 Å². The first-order valence-corrected chi connectivity index (χ1v) is 10.8. The van der Waals surface area contributed by atoms with Crippen molar-refractivity contribution in [3.63, 3.8) is 0 Å². The third-order valence-corrected chi connectivity index (χ3v) is 3.87. The van der Waals surface area contributed by atoms with Crippen LogP contribution in [0.3, 0.4) is 0 Å². The van der Waals surface area contributed by atoms with Crippen LogP contribution in [-0.4, -0.2) is 40.4 Å². The average Bonchev–Trinajstić information content (AvgIpc) is 3.08. The van der Waals surface area contributed by atoms with Gasteiger partial charge in [0.05, 0.1) is 19.3 Å². The van der Waals surface area contributed by atoms with Crippen molar-refractivity contribution in [1.82, 2.24) is 14.7 Å². The summed E-state index contributed by atoms with van der Waals surface area (Å²) in [6.07, 6.45) is 4.19. The summed E-state index contributed by atoms with van der Waals surface area (Å²) < 4.78 is 7.52. The first-order valence-electron chi connectivity index (χ1n) is 10.8. The lowest BCUT2D eigenvalue weighted by Crippen LogP contribution is -2.46. The van der Waals surface area contributed by atoms with E-state index in [0.29, 0.717) is 6.04 Å². The molecule has 0 amide bonds. The lowest BCUT2D eigenvalue weighted by Gasteiger charge is -2.41. The minimum Gasteiger partial charge on any atom is -0.481 e. The number of rotatable bonds is 2. The van der Waals surface area contributed by atoms with Crippen LogP contribution in [0.15, 0.2) is 6.20 Å². The second-order valence-electron chi connectivity index (χ2n) is 6.17. The van der Waals surface area contributed by atoms with Crippen molar-refractivity contribution in [2.75, 3.05) is 20.2 Å². The molecule has 0 atom stereocenters. The third kappa shape index (κ3) is 9.61. The highest BCUT2D eigenvalue weighted by Gasteiger charge is 2.29. The highest BCUT2D eigenvalue weighted by Crippen LogP contribution is 2.30. The van der Waals surface area contributed by atoms with E-state index in [9.17, 15) is 0 Å². The Labute approximate surface area is 165 Å². The Morgan fingerprint density at radius 1 is 0.923 bits per heavy atom. The smallest absolute Gasteiger partial charge is 0.214 e. The zero-order chi connectivity index (χ0) is 21.3. The van der Waals surface area contributed by atoms with E-state index in [1.54, 1.807) is 7.11 Å². The third-order valence-electron chi connectivity index (χ3n) is 3.87. The van der Waals surface area contributed by atoms with Gasteiger partial charge in [-0.1, -0.05) is 55.4 Å². The zero-order valence-corrected chi connectivity index (χ0v) is 20.2. The quantitative estimate of drug-likeness (QED) is 0.576. The van der Waals surface area contributed by atoms with Gasteiger partial charge >= 0.3 is 0 Å². The maximum absolute atomic E-state index is 5.45. The molecule has 0 aliphatic carbocycles. The number of methoxy groups -OCH3 is 1. The first-order chi connectivity index (χ1) is 12.4. The van der Waals surface area contributed by atoms with E-state index in [0.717, 1.165) is 37.4 Å². The van der Waals surface area contributed by atoms with Crippen molar-refractivity contribution in [1.29, 1.82) is 0 Å². The molecule has 2 heterocycles. The summed E-state index contributed by atoms with van der Waals surface area (Å²) in [5.41, 5.74) is 1.39. The van der Waals surface area contributed by atoms with Gasteiger partial charge in [0.15, 0.2) is 0 Å². The molecule has 4 heteroatoms. The van der Waals surface area contributed by atoms with Crippen molar-refractivity contribution in [3.8, 4) is 5.88 Å². The van der Waals surface area contributed by atoms with Gasteiger partial charge in [-0.15, -0.1) is 0 Å². The Balaban J connectivity index is -0.000000585. The van der Waals surface area contributed by atoms with Crippen molar-refractivity contribution < 1.29 is 4.74 Å². The monoisotopic (exact) mass is 371 g/mol. The van der Waals surface area contributed by atoms with Crippen LogP contribution in [0.4, 0.5) is 0 Å². The number of nitrogens with zero attached hydrogens (tertiary/aromatic N) is 3. The van der Waals surface area contributed by atoms with Gasteiger partial charge < -0.3 is 4.74 Å². The molecule has 0 N–H and O–H groups in total. The van der Waals surface area contributed by atoms with Gasteiger partial charge in [-0.2, -0.15) is 5.10 Å². The minimum atomic E-state index is 0.273. The summed E-state index contributed by atoms with van der Waals surface area (Å²) in [6.45, 7) is 27.2. The molecule has 0 aromatic carbocycles. The van der Waals surface area contributed by atoms with Gasteiger partial charge in [0, 0.05) is 24.2 Å². The number of hydrogen-bond donors (Lipinski definition) is 0. The molecule has 1 aliphatic heterocycles. The van der Waals surface area contributed by atoms with E-state index >= 15 is 0 Å². The van der Waals surface area contributed by atoms with E-state index in [4.69, 9.17) is 4.74 Å². The van der Waals surface area contributed by atoms with E-state index in [1.165, 1.54) is 0 Å². The fraction of sp³-hybridized carbons (Fsp3) is 0.864. The van der Waals surface area contributed by atoms with Crippen molar-refractivity contribution >= 4 is 0 Å². The lowest BCUT2D eigenvalue weighted by atomic mass is 9.98. The molecule has 4 nitrogen and oxygen atoms in total. The molecule has 0 bridgehead atoms. The number of aromatic nitrogens is 2.